The van der Waals surface area contributed by atoms with Gasteiger partial charge < -0.3 is 5.32 Å². The van der Waals surface area contributed by atoms with Crippen LogP contribution in [0.1, 0.15) is 16.0 Å². The van der Waals surface area contributed by atoms with Crippen molar-refractivity contribution in [3.05, 3.63) is 86.7 Å². The van der Waals surface area contributed by atoms with Crippen LogP contribution in [0.3, 0.4) is 0 Å². The highest BCUT2D eigenvalue weighted by atomic mass is 35.5. The van der Waals surface area contributed by atoms with Gasteiger partial charge in [0, 0.05) is 15.6 Å². The van der Waals surface area contributed by atoms with Gasteiger partial charge in [0.15, 0.2) is 0 Å². The van der Waals surface area contributed by atoms with Crippen molar-refractivity contribution >= 4 is 51.7 Å². The molecule has 2 heterocycles. The topological polar surface area (TPSA) is 49.4 Å². The molecular weight excluding hydrogens is 449 g/mol. The highest BCUT2D eigenvalue weighted by Crippen LogP contribution is 2.38. The number of carbonyl (C=O) groups excluding carboxylic acids is 2. The van der Waals surface area contributed by atoms with Gasteiger partial charge in [-0.1, -0.05) is 29.8 Å². The van der Waals surface area contributed by atoms with E-state index in [1.54, 1.807) is 42.6 Å². The maximum atomic E-state index is 13.3. The van der Waals surface area contributed by atoms with E-state index in [1.807, 2.05) is 0 Å². The molecule has 0 bridgehead atoms. The van der Waals surface area contributed by atoms with Crippen LogP contribution in [0.2, 0.25) is 5.02 Å². The van der Waals surface area contributed by atoms with Crippen molar-refractivity contribution in [2.24, 2.45) is 0 Å². The number of thiophene rings is 1. The molecule has 1 aromatic heterocycles. The Balaban J connectivity index is 1.81. The molecule has 2 aromatic carbocycles. The highest BCUT2D eigenvalue weighted by molar-refractivity contribution is 7.11. The van der Waals surface area contributed by atoms with E-state index in [9.17, 15) is 22.8 Å². The minimum absolute atomic E-state index is 0.0460. The number of hydrogen-bond acceptors (Lipinski definition) is 4. The molecule has 158 valence electrons. The molecule has 0 spiro atoms. The van der Waals surface area contributed by atoms with Gasteiger partial charge >= 0.3 is 6.18 Å². The summed E-state index contributed by atoms with van der Waals surface area (Å²) >= 11 is 7.42. The van der Waals surface area contributed by atoms with Gasteiger partial charge in [0.05, 0.1) is 16.8 Å². The summed E-state index contributed by atoms with van der Waals surface area (Å²) in [5, 5.41) is 4.88. The second-order valence-corrected chi connectivity index (χ2v) is 8.12. The van der Waals surface area contributed by atoms with Gasteiger partial charge in [-0.3, -0.25) is 9.59 Å². The number of amides is 2. The van der Waals surface area contributed by atoms with Gasteiger partial charge in [-0.25, -0.2) is 4.90 Å². The smallest absolute Gasteiger partial charge is 0.350 e. The normalized spacial score (nSPS) is 14.5. The Hall–Kier alpha value is -3.10. The maximum Gasteiger partial charge on any atom is 0.416 e. The van der Waals surface area contributed by atoms with Crippen LogP contribution in [-0.4, -0.2) is 11.8 Å². The molecule has 4 nitrogen and oxygen atoms in total. The number of carbonyl (C=O) groups is 2. The summed E-state index contributed by atoms with van der Waals surface area (Å²) < 4.78 is 39.3. The Morgan fingerprint density at radius 2 is 1.74 bits per heavy atom. The molecule has 0 unspecified atom stereocenters. The zero-order valence-electron chi connectivity index (χ0n) is 16.0. The highest BCUT2D eigenvalue weighted by Gasteiger charge is 2.41. The van der Waals surface area contributed by atoms with E-state index in [0.29, 0.717) is 21.2 Å². The number of imide groups is 1. The fourth-order valence-electron chi connectivity index (χ4n) is 3.27. The van der Waals surface area contributed by atoms with Crippen LogP contribution in [0.25, 0.3) is 5.57 Å². The first-order chi connectivity index (χ1) is 14.7. The SMILES string of the molecule is Cc1c(Cl)cccc1N1C(=O)C(Nc2cccc(C(F)(F)F)c2)=C(c2cccs2)C1=O. The van der Waals surface area contributed by atoms with Crippen LogP contribution in [0.4, 0.5) is 24.5 Å². The Morgan fingerprint density at radius 1 is 1.00 bits per heavy atom. The number of halogens is 4. The van der Waals surface area contributed by atoms with Crippen LogP contribution in [0.5, 0.6) is 0 Å². The number of nitrogens with one attached hydrogen (secondary N) is 1. The zero-order valence-corrected chi connectivity index (χ0v) is 17.5. The third-order valence-corrected chi connectivity index (χ3v) is 6.09. The summed E-state index contributed by atoms with van der Waals surface area (Å²) in [7, 11) is 0. The number of anilines is 2. The third kappa shape index (κ3) is 3.84. The van der Waals surface area contributed by atoms with Crippen LogP contribution in [0, 0.1) is 6.92 Å². The lowest BCUT2D eigenvalue weighted by Gasteiger charge is -2.18. The first kappa shape index (κ1) is 21.1. The molecule has 0 fully saturated rings. The fraction of sp³-hybridized carbons (Fsp3) is 0.0909. The van der Waals surface area contributed by atoms with Gasteiger partial charge in [0.1, 0.15) is 5.70 Å². The van der Waals surface area contributed by atoms with E-state index in [-0.39, 0.29) is 17.0 Å². The number of hydrogen-bond donors (Lipinski definition) is 1. The average Bonchev–Trinajstić information content (AvgIpc) is 3.31. The molecule has 31 heavy (non-hydrogen) atoms. The standard InChI is InChI=1S/C22H14ClF3N2O2S/c1-12-15(23)7-3-8-16(12)28-20(29)18(17-9-4-10-31-17)19(21(28)30)27-14-6-2-5-13(11-14)22(24,25)26/h2-11,27H,1H3. The van der Waals surface area contributed by atoms with E-state index < -0.39 is 23.6 Å². The molecule has 4 rings (SSSR count). The van der Waals surface area contributed by atoms with Gasteiger partial charge in [-0.15, -0.1) is 11.3 Å². The number of rotatable bonds is 4. The lowest BCUT2D eigenvalue weighted by atomic mass is 10.1. The van der Waals surface area contributed by atoms with E-state index in [4.69, 9.17) is 11.6 Å². The lowest BCUT2D eigenvalue weighted by molar-refractivity contribution is -0.137. The first-order valence-corrected chi connectivity index (χ1v) is 10.3. The fourth-order valence-corrected chi connectivity index (χ4v) is 4.21. The van der Waals surface area contributed by atoms with Crippen molar-refractivity contribution in [1.29, 1.82) is 0 Å². The number of benzene rings is 2. The van der Waals surface area contributed by atoms with Crippen molar-refractivity contribution in [2.75, 3.05) is 10.2 Å². The quantitative estimate of drug-likeness (QED) is 0.475. The average molecular weight is 463 g/mol. The van der Waals surface area contributed by atoms with Gasteiger partial charge in [0.25, 0.3) is 11.8 Å². The largest absolute Gasteiger partial charge is 0.416 e. The summed E-state index contributed by atoms with van der Waals surface area (Å²) in [6, 6.07) is 12.7. The van der Waals surface area contributed by atoms with Crippen LogP contribution >= 0.6 is 22.9 Å². The summed E-state index contributed by atoms with van der Waals surface area (Å²) in [6.45, 7) is 1.68. The van der Waals surface area contributed by atoms with Crippen molar-refractivity contribution in [3.8, 4) is 0 Å². The second-order valence-electron chi connectivity index (χ2n) is 6.76. The van der Waals surface area contributed by atoms with Crippen molar-refractivity contribution in [3.63, 3.8) is 0 Å². The summed E-state index contributed by atoms with van der Waals surface area (Å²) in [4.78, 5) is 28.1. The minimum Gasteiger partial charge on any atom is -0.350 e. The van der Waals surface area contributed by atoms with Crippen molar-refractivity contribution in [1.82, 2.24) is 0 Å². The predicted octanol–water partition coefficient (Wildman–Crippen LogP) is 6.13. The molecule has 1 aliphatic heterocycles. The zero-order chi connectivity index (χ0) is 22.3. The maximum absolute atomic E-state index is 13.3. The second kappa shape index (κ2) is 7.86. The Bertz CT molecular complexity index is 1220. The molecule has 0 radical (unpaired) electrons. The van der Waals surface area contributed by atoms with E-state index in [0.717, 1.165) is 17.0 Å². The first-order valence-electron chi connectivity index (χ1n) is 9.05. The van der Waals surface area contributed by atoms with Crippen LogP contribution in [-0.2, 0) is 15.8 Å². The molecule has 1 aliphatic rings. The van der Waals surface area contributed by atoms with Crippen molar-refractivity contribution in [2.45, 2.75) is 13.1 Å². The predicted molar refractivity (Wildman–Crippen MR) is 115 cm³/mol. The Labute approximate surface area is 184 Å². The minimum atomic E-state index is -4.54. The number of nitrogens with zero attached hydrogens (tertiary/aromatic N) is 1. The number of alkyl halides is 3. The van der Waals surface area contributed by atoms with Crippen LogP contribution < -0.4 is 10.2 Å². The molecule has 0 saturated carbocycles. The molecule has 0 atom stereocenters. The van der Waals surface area contributed by atoms with E-state index in [2.05, 4.69) is 5.32 Å². The summed E-state index contributed by atoms with van der Waals surface area (Å²) in [6.07, 6.45) is -4.54. The lowest BCUT2D eigenvalue weighted by Crippen LogP contribution is -2.33. The molecule has 9 heteroatoms. The molecule has 0 saturated heterocycles. The Morgan fingerprint density at radius 3 is 2.42 bits per heavy atom. The molecule has 0 aliphatic carbocycles. The van der Waals surface area contributed by atoms with E-state index >= 15 is 0 Å². The monoisotopic (exact) mass is 462 g/mol. The van der Waals surface area contributed by atoms with Crippen molar-refractivity contribution < 1.29 is 22.8 Å². The third-order valence-electron chi connectivity index (χ3n) is 4.79. The summed E-state index contributed by atoms with van der Waals surface area (Å²) in [5.41, 5.74) is 0.0387. The van der Waals surface area contributed by atoms with Gasteiger partial charge in [-0.2, -0.15) is 13.2 Å². The summed E-state index contributed by atoms with van der Waals surface area (Å²) in [5.74, 6) is -1.25. The van der Waals surface area contributed by atoms with E-state index in [1.165, 1.54) is 23.5 Å². The molecule has 1 N–H and O–H groups in total. The molecule has 2 amide bonds. The Kier molecular flexibility index (Phi) is 5.36. The molecule has 3 aromatic rings. The van der Waals surface area contributed by atoms with Gasteiger partial charge in [-0.05, 0) is 54.3 Å². The van der Waals surface area contributed by atoms with Gasteiger partial charge in [0.2, 0.25) is 0 Å². The van der Waals surface area contributed by atoms with Crippen LogP contribution in [0.15, 0.2) is 65.7 Å². The molecular formula is C22H14ClF3N2O2S.